The fourth-order valence-corrected chi connectivity index (χ4v) is 3.25. The molecular formula is C14H28N4O2S. The number of hydrogen-bond acceptors (Lipinski definition) is 4. The van der Waals surface area contributed by atoms with Crippen LogP contribution in [0.1, 0.15) is 46.5 Å². The highest BCUT2D eigenvalue weighted by Crippen LogP contribution is 2.23. The van der Waals surface area contributed by atoms with Gasteiger partial charge in [0.2, 0.25) is 10.0 Å². The molecule has 0 aliphatic rings. The minimum atomic E-state index is -3.50. The average Bonchev–Trinajstić information content (AvgIpc) is 2.87. The monoisotopic (exact) mass is 316 g/mol. The van der Waals surface area contributed by atoms with Gasteiger partial charge in [-0.3, -0.25) is 4.68 Å². The van der Waals surface area contributed by atoms with E-state index in [-0.39, 0.29) is 10.3 Å². The number of unbranched alkanes of at least 4 members (excludes halogenated alkanes) is 2. The molecule has 3 N–H and O–H groups in total. The predicted molar refractivity (Wildman–Crippen MR) is 84.4 cm³/mol. The first kappa shape index (κ1) is 18.1. The van der Waals surface area contributed by atoms with Crippen LogP contribution in [0.4, 0.5) is 0 Å². The molecule has 122 valence electrons. The second kappa shape index (κ2) is 7.91. The van der Waals surface area contributed by atoms with Gasteiger partial charge >= 0.3 is 0 Å². The van der Waals surface area contributed by atoms with Crippen molar-refractivity contribution in [2.24, 2.45) is 11.1 Å². The Morgan fingerprint density at radius 1 is 1.38 bits per heavy atom. The molecule has 0 aliphatic heterocycles. The van der Waals surface area contributed by atoms with Gasteiger partial charge in [-0.2, -0.15) is 5.10 Å². The van der Waals surface area contributed by atoms with E-state index in [4.69, 9.17) is 5.73 Å². The molecular weight excluding hydrogens is 288 g/mol. The van der Waals surface area contributed by atoms with Crippen molar-refractivity contribution in [2.75, 3.05) is 13.1 Å². The Morgan fingerprint density at radius 2 is 2.10 bits per heavy atom. The highest BCUT2D eigenvalue weighted by atomic mass is 32.2. The summed E-state index contributed by atoms with van der Waals surface area (Å²) in [6, 6.07) is 0. The van der Waals surface area contributed by atoms with Crippen LogP contribution in [0.25, 0.3) is 0 Å². The zero-order chi connectivity index (χ0) is 15.9. The van der Waals surface area contributed by atoms with Crippen molar-refractivity contribution in [2.45, 2.75) is 57.9 Å². The molecule has 0 aliphatic carbocycles. The first-order valence-electron chi connectivity index (χ1n) is 7.53. The number of nitrogens with one attached hydrogen (secondary N) is 1. The van der Waals surface area contributed by atoms with Crippen molar-refractivity contribution in [3.63, 3.8) is 0 Å². The smallest absolute Gasteiger partial charge is 0.243 e. The fourth-order valence-electron chi connectivity index (χ4n) is 2.05. The van der Waals surface area contributed by atoms with Crippen LogP contribution < -0.4 is 10.5 Å². The van der Waals surface area contributed by atoms with Crippen molar-refractivity contribution in [3.05, 3.63) is 12.4 Å². The van der Waals surface area contributed by atoms with Gasteiger partial charge in [0.1, 0.15) is 4.90 Å². The minimum absolute atomic E-state index is 0.0461. The molecule has 0 spiro atoms. The maximum Gasteiger partial charge on any atom is 0.243 e. The quantitative estimate of drug-likeness (QED) is 0.643. The van der Waals surface area contributed by atoms with Crippen molar-refractivity contribution in [1.29, 1.82) is 0 Å². The maximum atomic E-state index is 12.2. The molecule has 0 unspecified atom stereocenters. The van der Waals surface area contributed by atoms with E-state index in [1.165, 1.54) is 25.2 Å². The van der Waals surface area contributed by atoms with E-state index in [2.05, 4.69) is 30.6 Å². The van der Waals surface area contributed by atoms with Gasteiger partial charge in [-0.1, -0.05) is 40.0 Å². The van der Waals surface area contributed by atoms with Crippen molar-refractivity contribution in [3.8, 4) is 0 Å². The van der Waals surface area contributed by atoms with E-state index in [9.17, 15) is 8.42 Å². The van der Waals surface area contributed by atoms with Crippen LogP contribution in [0.5, 0.6) is 0 Å². The lowest BCUT2D eigenvalue weighted by atomic mass is 9.87. The third-order valence-corrected chi connectivity index (χ3v) is 4.83. The minimum Gasteiger partial charge on any atom is -0.329 e. The standard InChI is InChI=1S/C14H28N4O2S/c1-4-5-6-7-14(2,3)12-17-21(19,20)13-10-16-18(11-13)9-8-15/h10-11,17H,4-9,12,15H2,1-3H3. The highest BCUT2D eigenvalue weighted by molar-refractivity contribution is 7.89. The number of sulfonamides is 1. The molecule has 1 heterocycles. The van der Waals surface area contributed by atoms with Crippen LogP contribution in [0.3, 0.4) is 0 Å². The number of hydrogen-bond donors (Lipinski definition) is 2. The van der Waals surface area contributed by atoms with Gasteiger partial charge in [-0.15, -0.1) is 0 Å². The van der Waals surface area contributed by atoms with E-state index in [1.54, 1.807) is 4.68 Å². The Morgan fingerprint density at radius 3 is 2.71 bits per heavy atom. The largest absolute Gasteiger partial charge is 0.329 e. The summed E-state index contributed by atoms with van der Waals surface area (Å²) in [6.07, 6.45) is 7.36. The van der Waals surface area contributed by atoms with E-state index in [0.29, 0.717) is 19.6 Å². The lowest BCUT2D eigenvalue weighted by Gasteiger charge is -2.24. The SMILES string of the molecule is CCCCCC(C)(C)CNS(=O)(=O)c1cnn(CCN)c1. The van der Waals surface area contributed by atoms with E-state index in [1.807, 2.05) is 0 Å². The van der Waals surface area contributed by atoms with Crippen molar-refractivity contribution >= 4 is 10.0 Å². The number of nitrogens with zero attached hydrogens (tertiary/aromatic N) is 2. The molecule has 1 rings (SSSR count). The van der Waals surface area contributed by atoms with E-state index >= 15 is 0 Å². The molecule has 0 radical (unpaired) electrons. The second-order valence-electron chi connectivity index (χ2n) is 6.17. The molecule has 0 bridgehead atoms. The Kier molecular flexibility index (Phi) is 6.83. The van der Waals surface area contributed by atoms with Gasteiger partial charge in [0.15, 0.2) is 0 Å². The van der Waals surface area contributed by atoms with Crippen LogP contribution in [0, 0.1) is 5.41 Å². The van der Waals surface area contributed by atoms with E-state index in [0.717, 1.165) is 12.8 Å². The van der Waals surface area contributed by atoms with Crippen LogP contribution >= 0.6 is 0 Å². The fraction of sp³-hybridized carbons (Fsp3) is 0.786. The Balaban J connectivity index is 2.59. The Labute approximate surface area is 128 Å². The first-order valence-corrected chi connectivity index (χ1v) is 9.01. The molecule has 7 heteroatoms. The average molecular weight is 316 g/mol. The third kappa shape index (κ3) is 6.15. The number of aromatic nitrogens is 2. The lowest BCUT2D eigenvalue weighted by Crippen LogP contribution is -2.33. The summed E-state index contributed by atoms with van der Waals surface area (Å²) in [5.74, 6) is 0. The molecule has 1 aromatic rings. The van der Waals surface area contributed by atoms with Gasteiger partial charge in [-0.25, -0.2) is 13.1 Å². The summed E-state index contributed by atoms with van der Waals surface area (Å²) >= 11 is 0. The van der Waals surface area contributed by atoms with Crippen molar-refractivity contribution in [1.82, 2.24) is 14.5 Å². The number of nitrogens with two attached hydrogens (primary N) is 1. The van der Waals surface area contributed by atoms with Crippen LogP contribution in [-0.2, 0) is 16.6 Å². The summed E-state index contributed by atoms with van der Waals surface area (Å²) in [4.78, 5) is 0.195. The highest BCUT2D eigenvalue weighted by Gasteiger charge is 2.23. The van der Waals surface area contributed by atoms with Gasteiger partial charge in [0.05, 0.1) is 12.7 Å². The van der Waals surface area contributed by atoms with Crippen LogP contribution in [-0.4, -0.2) is 31.3 Å². The topological polar surface area (TPSA) is 90.0 Å². The van der Waals surface area contributed by atoms with Gasteiger partial charge in [0, 0.05) is 19.3 Å². The molecule has 21 heavy (non-hydrogen) atoms. The summed E-state index contributed by atoms with van der Waals surface area (Å²) in [7, 11) is -3.50. The van der Waals surface area contributed by atoms with Gasteiger partial charge in [-0.05, 0) is 11.8 Å². The summed E-state index contributed by atoms with van der Waals surface area (Å²) < 4.78 is 28.7. The lowest BCUT2D eigenvalue weighted by molar-refractivity contribution is 0.320. The third-order valence-electron chi connectivity index (χ3n) is 3.48. The van der Waals surface area contributed by atoms with E-state index < -0.39 is 10.0 Å². The molecule has 0 saturated carbocycles. The zero-order valence-electron chi connectivity index (χ0n) is 13.3. The molecule has 0 atom stereocenters. The second-order valence-corrected chi connectivity index (χ2v) is 7.94. The van der Waals surface area contributed by atoms with Gasteiger partial charge < -0.3 is 5.73 Å². The summed E-state index contributed by atoms with van der Waals surface area (Å²) in [6.45, 7) is 7.71. The normalized spacial score (nSPS) is 12.8. The van der Waals surface area contributed by atoms with Gasteiger partial charge in [0.25, 0.3) is 0 Å². The first-order chi connectivity index (χ1) is 9.80. The molecule has 0 fully saturated rings. The van der Waals surface area contributed by atoms with Crippen LogP contribution in [0.2, 0.25) is 0 Å². The molecule has 6 nitrogen and oxygen atoms in total. The molecule has 0 saturated heterocycles. The van der Waals surface area contributed by atoms with Crippen molar-refractivity contribution < 1.29 is 8.42 Å². The maximum absolute atomic E-state index is 12.2. The zero-order valence-corrected chi connectivity index (χ0v) is 14.1. The summed E-state index contributed by atoms with van der Waals surface area (Å²) in [5.41, 5.74) is 5.38. The summed E-state index contributed by atoms with van der Waals surface area (Å²) in [5, 5.41) is 3.99. The Hall–Kier alpha value is -0.920. The molecule has 1 aromatic heterocycles. The predicted octanol–water partition coefficient (Wildman–Crippen LogP) is 1.73. The van der Waals surface area contributed by atoms with Crippen LogP contribution in [0.15, 0.2) is 17.3 Å². The molecule has 0 amide bonds. The number of rotatable bonds is 10. The Bertz CT molecular complexity index is 523. The molecule has 0 aromatic carbocycles.